The number of hydrogen-bond acceptors (Lipinski definition) is 4. The highest BCUT2D eigenvalue weighted by atomic mass is 19.4. The zero-order valence-corrected chi connectivity index (χ0v) is 18.7. The Morgan fingerprint density at radius 1 is 1.00 bits per heavy atom. The minimum absolute atomic E-state index is 0.111. The molecule has 5 rings (SSSR count). The summed E-state index contributed by atoms with van der Waals surface area (Å²) in [6.07, 6.45) is -3.58. The first-order chi connectivity index (χ1) is 17.6. The molecule has 12 heteroatoms. The molecule has 0 aliphatic rings. The molecule has 0 radical (unpaired) electrons. The van der Waals surface area contributed by atoms with Gasteiger partial charge in [-0.2, -0.15) is 23.4 Å². The van der Waals surface area contributed by atoms with Crippen LogP contribution in [0.15, 0.2) is 72.9 Å². The number of nitrogens with two attached hydrogens (primary N) is 1. The summed E-state index contributed by atoms with van der Waals surface area (Å²) in [4.78, 5) is 24.9. The second kappa shape index (κ2) is 8.90. The summed E-state index contributed by atoms with van der Waals surface area (Å²) in [7, 11) is 0. The number of hydrogen-bond donors (Lipinski definition) is 3. The zero-order chi connectivity index (χ0) is 26.3. The van der Waals surface area contributed by atoms with Crippen LogP contribution in [-0.4, -0.2) is 31.8 Å². The lowest BCUT2D eigenvalue weighted by atomic mass is 9.99. The first-order valence-electron chi connectivity index (χ1n) is 10.7. The molecule has 3 aromatic carbocycles. The lowest BCUT2D eigenvalue weighted by Gasteiger charge is -2.15. The maximum Gasteiger partial charge on any atom is 0.417 e. The van der Waals surface area contributed by atoms with Crippen molar-refractivity contribution in [3.8, 4) is 16.9 Å². The van der Waals surface area contributed by atoms with Crippen LogP contribution >= 0.6 is 0 Å². The van der Waals surface area contributed by atoms with Gasteiger partial charge in [-0.1, -0.05) is 18.2 Å². The van der Waals surface area contributed by atoms with Crippen LogP contribution in [0.2, 0.25) is 0 Å². The van der Waals surface area contributed by atoms with E-state index in [-0.39, 0.29) is 23.1 Å². The maximum atomic E-state index is 14.9. The SMILES string of the molecule is NC(=O)c1ccc2c(NC(=O)c3cc(-c4cc[nH]n4)c(C(F)(F)F)cc3F)n(-c3ccccc3)nc2c1. The number of fused-ring (bicyclic) bond motifs is 1. The standard InChI is InChI=1S/C25H16F4N6O2/c26-19-12-18(25(27,28)29)16(20-8-9-31-33-20)11-17(19)24(37)32-23-15-7-6-13(22(30)36)10-21(15)34-35(23)14-4-2-1-3-5-14/h1-12H,(H2,30,36)(H,31,33)(H,32,37). The Labute approximate surface area is 205 Å². The van der Waals surface area contributed by atoms with E-state index >= 15 is 0 Å². The number of nitrogens with zero attached hydrogens (tertiary/aromatic N) is 3. The van der Waals surface area contributed by atoms with E-state index in [4.69, 9.17) is 5.73 Å². The van der Waals surface area contributed by atoms with Crippen molar-refractivity contribution in [3.63, 3.8) is 0 Å². The molecular weight excluding hydrogens is 492 g/mol. The van der Waals surface area contributed by atoms with Crippen LogP contribution in [0.5, 0.6) is 0 Å². The van der Waals surface area contributed by atoms with Crippen LogP contribution in [0.4, 0.5) is 23.4 Å². The highest BCUT2D eigenvalue weighted by Crippen LogP contribution is 2.38. The van der Waals surface area contributed by atoms with E-state index in [0.29, 0.717) is 16.6 Å². The summed E-state index contributed by atoms with van der Waals surface area (Å²) in [5.41, 5.74) is 3.90. The maximum absolute atomic E-state index is 14.9. The monoisotopic (exact) mass is 508 g/mol. The van der Waals surface area contributed by atoms with E-state index in [1.807, 2.05) is 0 Å². The average molecular weight is 508 g/mol. The Hall–Kier alpha value is -5.00. The number of nitrogens with one attached hydrogen (secondary N) is 2. The van der Waals surface area contributed by atoms with Crippen molar-refractivity contribution in [1.82, 2.24) is 20.0 Å². The highest BCUT2D eigenvalue weighted by Gasteiger charge is 2.36. The molecule has 0 saturated carbocycles. The van der Waals surface area contributed by atoms with E-state index in [0.717, 1.165) is 6.07 Å². The number of primary amides is 1. The molecule has 0 aliphatic carbocycles. The Kier molecular flexibility index (Phi) is 5.71. The molecule has 0 saturated heterocycles. The normalized spacial score (nSPS) is 11.6. The average Bonchev–Trinajstić information content (AvgIpc) is 3.52. The van der Waals surface area contributed by atoms with Gasteiger partial charge in [-0.05, 0) is 48.5 Å². The van der Waals surface area contributed by atoms with Crippen molar-refractivity contribution in [3.05, 3.63) is 95.4 Å². The summed E-state index contributed by atoms with van der Waals surface area (Å²) in [6.45, 7) is 0. The number of anilines is 1. The lowest BCUT2D eigenvalue weighted by molar-refractivity contribution is -0.137. The van der Waals surface area contributed by atoms with Crippen LogP contribution in [0.1, 0.15) is 26.3 Å². The Bertz CT molecular complexity index is 1640. The molecule has 0 spiro atoms. The second-order valence-corrected chi connectivity index (χ2v) is 7.98. The number of aromatic nitrogens is 4. The quantitative estimate of drug-likeness (QED) is 0.292. The molecule has 2 aromatic heterocycles. The molecule has 2 heterocycles. The third kappa shape index (κ3) is 4.40. The largest absolute Gasteiger partial charge is 0.417 e. The van der Waals surface area contributed by atoms with Gasteiger partial charge < -0.3 is 11.1 Å². The minimum Gasteiger partial charge on any atom is -0.366 e. The first-order valence-corrected chi connectivity index (χ1v) is 10.7. The molecular formula is C25H16F4N6O2. The Morgan fingerprint density at radius 3 is 2.41 bits per heavy atom. The Balaban J connectivity index is 1.63. The van der Waals surface area contributed by atoms with E-state index in [2.05, 4.69) is 20.6 Å². The number of halogens is 4. The molecule has 2 amide bonds. The summed E-state index contributed by atoms with van der Waals surface area (Å²) in [6, 6.07) is 15.4. The van der Waals surface area contributed by atoms with Gasteiger partial charge in [0.05, 0.1) is 28.0 Å². The van der Waals surface area contributed by atoms with Crippen molar-refractivity contribution in [2.24, 2.45) is 5.73 Å². The summed E-state index contributed by atoms with van der Waals surface area (Å²) >= 11 is 0. The van der Waals surface area contributed by atoms with Crippen molar-refractivity contribution < 1.29 is 27.2 Å². The molecule has 37 heavy (non-hydrogen) atoms. The van der Waals surface area contributed by atoms with E-state index in [1.54, 1.807) is 30.3 Å². The number of benzene rings is 3. The van der Waals surface area contributed by atoms with Gasteiger partial charge in [0, 0.05) is 22.7 Å². The van der Waals surface area contributed by atoms with Gasteiger partial charge in [0.1, 0.15) is 11.6 Å². The van der Waals surface area contributed by atoms with Gasteiger partial charge in [-0.15, -0.1) is 0 Å². The zero-order valence-electron chi connectivity index (χ0n) is 18.7. The number of carbonyl (C=O) groups is 2. The predicted octanol–water partition coefficient (Wildman–Crippen LogP) is 4.92. The topological polar surface area (TPSA) is 119 Å². The van der Waals surface area contributed by atoms with Crippen LogP contribution in [-0.2, 0) is 6.18 Å². The van der Waals surface area contributed by atoms with E-state index in [1.165, 1.54) is 35.1 Å². The molecule has 0 aliphatic heterocycles. The van der Waals surface area contributed by atoms with Crippen molar-refractivity contribution in [1.29, 1.82) is 0 Å². The van der Waals surface area contributed by atoms with E-state index < -0.39 is 40.5 Å². The number of amides is 2. The molecule has 5 aromatic rings. The van der Waals surface area contributed by atoms with Crippen molar-refractivity contribution in [2.45, 2.75) is 6.18 Å². The summed E-state index contributed by atoms with van der Waals surface area (Å²) in [5.74, 6) is -2.95. The fourth-order valence-corrected chi connectivity index (χ4v) is 3.89. The highest BCUT2D eigenvalue weighted by molar-refractivity contribution is 6.09. The number of carbonyl (C=O) groups excluding carboxylic acids is 2. The van der Waals surface area contributed by atoms with Gasteiger partial charge in [0.2, 0.25) is 5.91 Å². The van der Waals surface area contributed by atoms with Crippen molar-refractivity contribution in [2.75, 3.05) is 5.32 Å². The number of alkyl halides is 3. The smallest absolute Gasteiger partial charge is 0.366 e. The van der Waals surface area contributed by atoms with Crippen LogP contribution < -0.4 is 11.1 Å². The van der Waals surface area contributed by atoms with Crippen molar-refractivity contribution >= 4 is 28.5 Å². The molecule has 4 N–H and O–H groups in total. The third-order valence-corrected chi connectivity index (χ3v) is 5.62. The fraction of sp³-hybridized carbons (Fsp3) is 0.0400. The molecule has 0 atom stereocenters. The van der Waals surface area contributed by atoms with Gasteiger partial charge in [0.25, 0.3) is 5.91 Å². The van der Waals surface area contributed by atoms with Gasteiger partial charge in [0.15, 0.2) is 0 Å². The number of aromatic amines is 1. The van der Waals surface area contributed by atoms with E-state index in [9.17, 15) is 27.2 Å². The number of rotatable bonds is 5. The molecule has 0 bridgehead atoms. The Morgan fingerprint density at radius 2 is 1.76 bits per heavy atom. The summed E-state index contributed by atoms with van der Waals surface area (Å²) < 4.78 is 57.1. The first kappa shape index (κ1) is 23.7. The second-order valence-electron chi connectivity index (χ2n) is 7.98. The molecule has 186 valence electrons. The summed E-state index contributed by atoms with van der Waals surface area (Å²) in [5, 5.41) is 13.6. The van der Waals surface area contributed by atoms with Gasteiger partial charge in [-0.3, -0.25) is 14.7 Å². The van der Waals surface area contributed by atoms with Crippen LogP contribution in [0, 0.1) is 5.82 Å². The van der Waals surface area contributed by atoms with Crippen LogP contribution in [0.3, 0.4) is 0 Å². The predicted molar refractivity (Wildman–Crippen MR) is 127 cm³/mol. The van der Waals surface area contributed by atoms with Gasteiger partial charge >= 0.3 is 6.18 Å². The lowest BCUT2D eigenvalue weighted by Crippen LogP contribution is -2.18. The molecule has 0 fully saturated rings. The number of para-hydroxylation sites is 1. The molecule has 8 nitrogen and oxygen atoms in total. The van der Waals surface area contributed by atoms with Gasteiger partial charge in [-0.25, -0.2) is 9.07 Å². The fourth-order valence-electron chi connectivity index (χ4n) is 3.89. The van der Waals surface area contributed by atoms with Crippen LogP contribution in [0.25, 0.3) is 27.8 Å². The minimum atomic E-state index is -4.88. The number of H-pyrrole nitrogens is 1. The third-order valence-electron chi connectivity index (χ3n) is 5.62. The molecule has 0 unspecified atom stereocenters.